The molecule has 1 fully saturated rings. The Balaban J connectivity index is 1.34. The number of amides is 1. The van der Waals surface area contributed by atoms with E-state index in [2.05, 4.69) is 29.2 Å². The zero-order valence-corrected chi connectivity index (χ0v) is 20.1. The molecular formula is C27H32FN5O. The number of nitrogens with one attached hydrogen (secondary N) is 1. The van der Waals surface area contributed by atoms with Gasteiger partial charge in [-0.2, -0.15) is 5.10 Å². The smallest absolute Gasteiger partial charge is 0.276 e. The van der Waals surface area contributed by atoms with E-state index in [-0.39, 0.29) is 11.7 Å². The number of piperidine rings is 1. The molecule has 1 amide bonds. The maximum Gasteiger partial charge on any atom is 0.276 e. The number of benzene rings is 2. The van der Waals surface area contributed by atoms with E-state index in [1.165, 1.54) is 6.07 Å². The van der Waals surface area contributed by atoms with Crippen molar-refractivity contribution in [2.75, 3.05) is 37.4 Å². The van der Waals surface area contributed by atoms with Crippen LogP contribution in [0.3, 0.4) is 0 Å². The number of rotatable bonds is 5. The summed E-state index contributed by atoms with van der Waals surface area (Å²) < 4.78 is 16.9. The normalized spacial score (nSPS) is 16.2. The highest BCUT2D eigenvalue weighted by Crippen LogP contribution is 2.30. The molecule has 0 unspecified atom stereocenters. The summed E-state index contributed by atoms with van der Waals surface area (Å²) in [7, 11) is 4.19. The number of hydrogen-bond acceptors (Lipinski definition) is 4. The zero-order chi connectivity index (χ0) is 23.8. The van der Waals surface area contributed by atoms with Gasteiger partial charge in [0.1, 0.15) is 5.82 Å². The van der Waals surface area contributed by atoms with Crippen LogP contribution < -0.4 is 10.2 Å². The quantitative estimate of drug-likeness (QED) is 0.604. The number of para-hydroxylation sites is 1. The molecule has 2 aromatic carbocycles. The summed E-state index contributed by atoms with van der Waals surface area (Å²) in [4.78, 5) is 17.5. The van der Waals surface area contributed by atoms with Crippen LogP contribution in [0, 0.1) is 12.7 Å². The summed E-state index contributed by atoms with van der Waals surface area (Å²) in [5.41, 5.74) is 5.69. The lowest BCUT2D eigenvalue weighted by Crippen LogP contribution is -2.42. The molecule has 1 saturated heterocycles. The molecule has 2 aliphatic rings. The Morgan fingerprint density at radius 1 is 1.09 bits per heavy atom. The van der Waals surface area contributed by atoms with Crippen LogP contribution in [0.1, 0.15) is 46.6 Å². The molecule has 7 heteroatoms. The molecule has 2 heterocycles. The number of aromatic nitrogens is 2. The van der Waals surface area contributed by atoms with Crippen molar-refractivity contribution in [1.82, 2.24) is 14.7 Å². The first-order valence-electron chi connectivity index (χ1n) is 12.1. The number of anilines is 2. The van der Waals surface area contributed by atoms with E-state index in [1.54, 1.807) is 12.1 Å². The average Bonchev–Trinajstić information content (AvgIpc) is 3.43. The van der Waals surface area contributed by atoms with Gasteiger partial charge in [0.25, 0.3) is 5.91 Å². The molecule has 3 aromatic rings. The van der Waals surface area contributed by atoms with Gasteiger partial charge in [0.15, 0.2) is 5.69 Å². The predicted molar refractivity (Wildman–Crippen MR) is 134 cm³/mol. The Hall–Kier alpha value is -3.19. The number of hydrogen-bond donors (Lipinski definition) is 1. The van der Waals surface area contributed by atoms with Crippen LogP contribution in [-0.4, -0.2) is 53.8 Å². The Kier molecular flexibility index (Phi) is 6.13. The fourth-order valence-electron chi connectivity index (χ4n) is 5.27. The van der Waals surface area contributed by atoms with E-state index in [9.17, 15) is 4.79 Å². The largest absolute Gasteiger partial charge is 0.369 e. The third-order valence-electron chi connectivity index (χ3n) is 7.23. The molecule has 0 atom stereocenters. The highest BCUT2D eigenvalue weighted by Gasteiger charge is 2.28. The number of halogens is 1. The Morgan fingerprint density at radius 2 is 1.85 bits per heavy atom. The van der Waals surface area contributed by atoms with Crippen LogP contribution in [0.25, 0.3) is 5.69 Å². The van der Waals surface area contributed by atoms with Crippen LogP contribution in [0.15, 0.2) is 42.5 Å². The summed E-state index contributed by atoms with van der Waals surface area (Å²) in [6, 6.07) is 13.6. The highest BCUT2D eigenvalue weighted by molar-refractivity contribution is 6.04. The molecule has 1 aliphatic heterocycles. The lowest BCUT2D eigenvalue weighted by atomic mass is 10.0. The van der Waals surface area contributed by atoms with E-state index < -0.39 is 0 Å². The van der Waals surface area contributed by atoms with Gasteiger partial charge in [-0.1, -0.05) is 18.2 Å². The molecule has 0 saturated carbocycles. The number of nitrogens with zero attached hydrogens (tertiary/aromatic N) is 4. The maximum absolute atomic E-state index is 15.0. The van der Waals surface area contributed by atoms with Crippen LogP contribution >= 0.6 is 0 Å². The number of aryl methyl sites for hydroxylation is 1. The maximum atomic E-state index is 15.0. The third-order valence-corrected chi connectivity index (χ3v) is 7.23. The second kappa shape index (κ2) is 9.22. The Labute approximate surface area is 200 Å². The van der Waals surface area contributed by atoms with Crippen molar-refractivity contribution in [2.24, 2.45) is 0 Å². The van der Waals surface area contributed by atoms with Crippen LogP contribution in [-0.2, 0) is 12.8 Å². The van der Waals surface area contributed by atoms with E-state index in [4.69, 9.17) is 5.10 Å². The van der Waals surface area contributed by atoms with Gasteiger partial charge >= 0.3 is 0 Å². The second-order valence-corrected chi connectivity index (χ2v) is 9.63. The minimum atomic E-state index is -0.309. The van der Waals surface area contributed by atoms with Crippen molar-refractivity contribution in [3.63, 3.8) is 0 Å². The predicted octanol–water partition coefficient (Wildman–Crippen LogP) is 4.59. The van der Waals surface area contributed by atoms with Gasteiger partial charge in [-0.05, 0) is 83.0 Å². The van der Waals surface area contributed by atoms with Gasteiger partial charge in [-0.3, -0.25) is 4.79 Å². The first-order valence-corrected chi connectivity index (χ1v) is 12.1. The number of fused-ring (bicyclic) bond motifs is 1. The van der Waals surface area contributed by atoms with Crippen molar-refractivity contribution in [3.8, 4) is 5.69 Å². The fraction of sp³-hybridized carbons (Fsp3) is 0.407. The molecule has 5 rings (SSSR count). The molecule has 1 N–H and O–H groups in total. The minimum Gasteiger partial charge on any atom is -0.369 e. The summed E-state index contributed by atoms with van der Waals surface area (Å²) in [6.07, 6.45) is 4.77. The minimum absolute atomic E-state index is 0.288. The lowest BCUT2D eigenvalue weighted by Gasteiger charge is -2.36. The van der Waals surface area contributed by atoms with Crippen molar-refractivity contribution in [3.05, 3.63) is 70.8 Å². The standard InChI is InChI=1S/C27H32FN5O/c1-18-7-4-5-9-23(18)33-24-10-6-8-21(24)26(30-33)27(34)29-19-11-12-25(22(28)17-19)32-15-13-20(14-16-32)31(2)3/h4-5,7,9,11-12,17,20H,6,8,10,13-16H2,1-3H3,(H,29,34). The molecular weight excluding hydrogens is 429 g/mol. The summed E-state index contributed by atoms with van der Waals surface area (Å²) in [5.74, 6) is -0.596. The van der Waals surface area contributed by atoms with Crippen molar-refractivity contribution in [2.45, 2.75) is 45.1 Å². The molecule has 34 heavy (non-hydrogen) atoms. The van der Waals surface area contributed by atoms with Gasteiger partial charge in [0, 0.05) is 36.1 Å². The van der Waals surface area contributed by atoms with Crippen molar-refractivity contribution < 1.29 is 9.18 Å². The van der Waals surface area contributed by atoms with Gasteiger partial charge in [-0.15, -0.1) is 0 Å². The highest BCUT2D eigenvalue weighted by atomic mass is 19.1. The number of carbonyl (C=O) groups is 1. The average molecular weight is 462 g/mol. The molecule has 1 aromatic heterocycles. The van der Waals surface area contributed by atoms with Crippen LogP contribution in [0.2, 0.25) is 0 Å². The van der Waals surface area contributed by atoms with Crippen LogP contribution in [0.5, 0.6) is 0 Å². The first-order chi connectivity index (χ1) is 16.4. The third kappa shape index (κ3) is 4.20. The fourth-order valence-corrected chi connectivity index (χ4v) is 5.27. The van der Waals surface area contributed by atoms with Gasteiger partial charge in [-0.25, -0.2) is 9.07 Å². The van der Waals surface area contributed by atoms with Gasteiger partial charge in [0.05, 0.1) is 11.4 Å². The summed E-state index contributed by atoms with van der Waals surface area (Å²) in [5, 5.41) is 7.57. The molecule has 178 valence electrons. The van der Waals surface area contributed by atoms with E-state index >= 15 is 4.39 Å². The Bertz CT molecular complexity index is 1210. The van der Waals surface area contributed by atoms with Gasteiger partial charge < -0.3 is 15.1 Å². The molecule has 0 bridgehead atoms. The Morgan fingerprint density at radius 3 is 2.56 bits per heavy atom. The van der Waals surface area contributed by atoms with Gasteiger partial charge in [0.2, 0.25) is 0 Å². The lowest BCUT2D eigenvalue weighted by molar-refractivity contribution is 0.102. The topological polar surface area (TPSA) is 53.4 Å². The van der Waals surface area contributed by atoms with E-state index in [0.717, 1.165) is 67.7 Å². The summed E-state index contributed by atoms with van der Waals surface area (Å²) >= 11 is 0. The van der Waals surface area contributed by atoms with E-state index in [0.29, 0.717) is 23.1 Å². The van der Waals surface area contributed by atoms with E-state index in [1.807, 2.05) is 35.9 Å². The SMILES string of the molecule is Cc1ccccc1-n1nc(C(=O)Nc2ccc(N3CCC(N(C)C)CC3)c(F)c2)c2c1CCC2. The first kappa shape index (κ1) is 22.6. The molecule has 1 aliphatic carbocycles. The number of carbonyl (C=O) groups excluding carboxylic acids is 1. The molecule has 0 spiro atoms. The van der Waals surface area contributed by atoms with Crippen LogP contribution in [0.4, 0.5) is 15.8 Å². The summed E-state index contributed by atoms with van der Waals surface area (Å²) in [6.45, 7) is 3.70. The van der Waals surface area contributed by atoms with Crippen molar-refractivity contribution >= 4 is 17.3 Å². The second-order valence-electron chi connectivity index (χ2n) is 9.63. The zero-order valence-electron chi connectivity index (χ0n) is 20.1. The molecule has 6 nitrogen and oxygen atoms in total. The monoisotopic (exact) mass is 461 g/mol. The molecule has 0 radical (unpaired) electrons. The van der Waals surface area contributed by atoms with Crippen molar-refractivity contribution in [1.29, 1.82) is 0 Å².